The van der Waals surface area contributed by atoms with E-state index >= 15 is 4.39 Å². The quantitative estimate of drug-likeness (QED) is 0.912. The highest BCUT2D eigenvalue weighted by Gasteiger charge is 2.30. The molecule has 1 aliphatic heterocycles. The molecule has 3 heteroatoms. The van der Waals surface area contributed by atoms with Crippen LogP contribution in [-0.2, 0) is 5.67 Å². The molecule has 0 saturated carbocycles. The van der Waals surface area contributed by atoms with Crippen LogP contribution in [0.25, 0.3) is 10.9 Å². The van der Waals surface area contributed by atoms with Crippen molar-refractivity contribution in [1.82, 2.24) is 10.3 Å². The van der Waals surface area contributed by atoms with Gasteiger partial charge >= 0.3 is 0 Å². The first-order chi connectivity index (χ1) is 10.0. The van der Waals surface area contributed by atoms with Crippen molar-refractivity contribution in [2.45, 2.75) is 51.2 Å². The molecule has 1 aromatic heterocycles. The fourth-order valence-corrected chi connectivity index (χ4v) is 3.23. The third-order valence-electron chi connectivity index (χ3n) is 4.47. The molecule has 1 aliphatic rings. The largest absolute Gasteiger partial charge is 0.314 e. The lowest BCUT2D eigenvalue weighted by atomic mass is 9.87. The summed E-state index contributed by atoms with van der Waals surface area (Å²) < 4.78 is 15.2. The third kappa shape index (κ3) is 3.24. The molecule has 0 radical (unpaired) electrons. The average Bonchev–Trinajstić information content (AvgIpc) is 2.47. The van der Waals surface area contributed by atoms with Crippen molar-refractivity contribution in [2.24, 2.45) is 0 Å². The van der Waals surface area contributed by atoms with Gasteiger partial charge in [0.1, 0.15) is 5.67 Å². The van der Waals surface area contributed by atoms with Gasteiger partial charge in [-0.3, -0.25) is 4.98 Å². The van der Waals surface area contributed by atoms with Gasteiger partial charge in [0, 0.05) is 23.5 Å². The van der Waals surface area contributed by atoms with Crippen molar-refractivity contribution in [3.8, 4) is 0 Å². The summed E-state index contributed by atoms with van der Waals surface area (Å²) in [4.78, 5) is 4.48. The lowest BCUT2D eigenvalue weighted by molar-refractivity contribution is 0.146. The van der Waals surface area contributed by atoms with E-state index in [1.54, 1.807) is 6.92 Å². The zero-order chi connectivity index (χ0) is 14.9. The predicted molar refractivity (Wildman–Crippen MR) is 85.2 cm³/mol. The van der Waals surface area contributed by atoms with Gasteiger partial charge in [0.05, 0.1) is 5.52 Å². The van der Waals surface area contributed by atoms with E-state index in [0.717, 1.165) is 35.1 Å². The van der Waals surface area contributed by atoms with Gasteiger partial charge in [-0.25, -0.2) is 4.39 Å². The van der Waals surface area contributed by atoms with E-state index in [1.807, 2.05) is 37.3 Å². The molecule has 2 unspecified atom stereocenters. The van der Waals surface area contributed by atoms with Crippen molar-refractivity contribution < 1.29 is 4.39 Å². The number of rotatable bonds is 3. The number of nitrogens with zero attached hydrogens (tertiary/aromatic N) is 1. The van der Waals surface area contributed by atoms with E-state index in [2.05, 4.69) is 10.3 Å². The minimum absolute atomic E-state index is 0.292. The summed E-state index contributed by atoms with van der Waals surface area (Å²) in [6, 6.07) is 10.1. The van der Waals surface area contributed by atoms with Crippen LogP contribution < -0.4 is 5.32 Å². The molecule has 1 saturated heterocycles. The minimum atomic E-state index is -1.30. The van der Waals surface area contributed by atoms with E-state index in [9.17, 15) is 0 Å². The Hall–Kier alpha value is -1.48. The van der Waals surface area contributed by atoms with Crippen LogP contribution in [0, 0.1) is 6.92 Å². The highest BCUT2D eigenvalue weighted by atomic mass is 19.1. The number of hydrogen-bond acceptors (Lipinski definition) is 2. The fourth-order valence-electron chi connectivity index (χ4n) is 3.23. The summed E-state index contributed by atoms with van der Waals surface area (Å²) in [5, 5.41) is 4.45. The molecule has 0 amide bonds. The second-order valence-electron chi connectivity index (χ2n) is 6.41. The minimum Gasteiger partial charge on any atom is -0.314 e. The zero-order valence-corrected chi connectivity index (χ0v) is 12.8. The summed E-state index contributed by atoms with van der Waals surface area (Å²) >= 11 is 0. The fraction of sp³-hybridized carbons (Fsp3) is 0.500. The molecule has 1 N–H and O–H groups in total. The number of halogens is 1. The van der Waals surface area contributed by atoms with Crippen LogP contribution in [0.1, 0.15) is 43.9 Å². The summed E-state index contributed by atoms with van der Waals surface area (Å²) in [7, 11) is 0. The van der Waals surface area contributed by atoms with Crippen LogP contribution >= 0.6 is 0 Å². The Morgan fingerprint density at radius 2 is 2.14 bits per heavy atom. The van der Waals surface area contributed by atoms with Gasteiger partial charge in [0.15, 0.2) is 0 Å². The smallest absolute Gasteiger partial charge is 0.134 e. The number of alkyl halides is 1. The van der Waals surface area contributed by atoms with E-state index in [1.165, 1.54) is 12.8 Å². The lowest BCUT2D eigenvalue weighted by Crippen LogP contribution is -2.38. The Balaban J connectivity index is 1.85. The van der Waals surface area contributed by atoms with Gasteiger partial charge in [-0.15, -0.1) is 0 Å². The molecule has 112 valence electrons. The number of fused-ring (bicyclic) bond motifs is 1. The first-order valence-electron chi connectivity index (χ1n) is 7.85. The third-order valence-corrected chi connectivity index (χ3v) is 4.47. The Bertz CT molecular complexity index is 630. The first-order valence-corrected chi connectivity index (χ1v) is 7.85. The number of aromatic nitrogens is 1. The van der Waals surface area contributed by atoms with Crippen LogP contribution in [0.5, 0.6) is 0 Å². The number of hydrogen-bond donors (Lipinski definition) is 1. The number of nitrogens with one attached hydrogen (secondary N) is 1. The average molecular weight is 286 g/mol. The monoisotopic (exact) mass is 286 g/mol. The van der Waals surface area contributed by atoms with Crippen molar-refractivity contribution >= 4 is 10.9 Å². The van der Waals surface area contributed by atoms with Crippen LogP contribution in [0.2, 0.25) is 0 Å². The maximum Gasteiger partial charge on any atom is 0.134 e. The highest BCUT2D eigenvalue weighted by molar-refractivity contribution is 5.79. The van der Waals surface area contributed by atoms with Gasteiger partial charge in [0.2, 0.25) is 0 Å². The predicted octanol–water partition coefficient (Wildman–Crippen LogP) is 4.26. The SMILES string of the molecule is Cc1ccc2cc(C(C)(F)CC3CCCCN3)ccc2n1. The number of pyridine rings is 1. The van der Waals surface area contributed by atoms with Crippen LogP contribution in [-0.4, -0.2) is 17.6 Å². The number of piperidine rings is 1. The van der Waals surface area contributed by atoms with E-state index in [-0.39, 0.29) is 0 Å². The van der Waals surface area contributed by atoms with Crippen molar-refractivity contribution in [2.75, 3.05) is 6.54 Å². The molecule has 0 bridgehead atoms. The van der Waals surface area contributed by atoms with Gasteiger partial charge in [-0.2, -0.15) is 0 Å². The maximum atomic E-state index is 15.2. The number of benzene rings is 1. The Kier molecular flexibility index (Phi) is 3.94. The molecule has 2 aromatic rings. The van der Waals surface area contributed by atoms with Crippen molar-refractivity contribution in [3.63, 3.8) is 0 Å². The molecule has 3 rings (SSSR count). The Morgan fingerprint density at radius 1 is 1.29 bits per heavy atom. The molecule has 1 fully saturated rings. The van der Waals surface area contributed by atoms with Crippen molar-refractivity contribution in [1.29, 1.82) is 0 Å². The normalized spacial score (nSPS) is 22.1. The summed E-state index contributed by atoms with van der Waals surface area (Å²) in [6.07, 6.45) is 4.03. The zero-order valence-electron chi connectivity index (χ0n) is 12.8. The Labute approximate surface area is 125 Å². The van der Waals surface area contributed by atoms with Gasteiger partial charge in [-0.05, 0) is 57.0 Å². The van der Waals surface area contributed by atoms with Gasteiger partial charge < -0.3 is 5.32 Å². The summed E-state index contributed by atoms with van der Waals surface area (Å²) in [5.74, 6) is 0. The van der Waals surface area contributed by atoms with Crippen LogP contribution in [0.15, 0.2) is 30.3 Å². The van der Waals surface area contributed by atoms with Gasteiger partial charge in [-0.1, -0.05) is 18.6 Å². The molecular formula is C18H23FN2. The molecule has 2 atom stereocenters. The number of aryl methyl sites for hydroxylation is 1. The van der Waals surface area contributed by atoms with Crippen LogP contribution in [0.4, 0.5) is 4.39 Å². The second kappa shape index (κ2) is 5.72. The molecular weight excluding hydrogens is 263 g/mol. The van der Waals surface area contributed by atoms with E-state index in [4.69, 9.17) is 0 Å². The molecule has 0 spiro atoms. The van der Waals surface area contributed by atoms with E-state index < -0.39 is 5.67 Å². The molecule has 2 heterocycles. The molecule has 1 aromatic carbocycles. The Morgan fingerprint density at radius 3 is 2.90 bits per heavy atom. The highest BCUT2D eigenvalue weighted by Crippen LogP contribution is 2.33. The molecule has 21 heavy (non-hydrogen) atoms. The topological polar surface area (TPSA) is 24.9 Å². The van der Waals surface area contributed by atoms with E-state index in [0.29, 0.717) is 12.5 Å². The van der Waals surface area contributed by atoms with Gasteiger partial charge in [0.25, 0.3) is 0 Å². The summed E-state index contributed by atoms with van der Waals surface area (Å²) in [5.41, 5.74) is 1.39. The standard InChI is InChI=1S/C18H23FN2/c1-13-6-7-14-11-15(8-9-17(14)21-13)18(2,19)12-16-5-3-4-10-20-16/h6-9,11,16,20H,3-5,10,12H2,1-2H3. The van der Waals surface area contributed by atoms with Crippen molar-refractivity contribution in [3.05, 3.63) is 41.6 Å². The van der Waals surface area contributed by atoms with Crippen LogP contribution in [0.3, 0.4) is 0 Å². The lowest BCUT2D eigenvalue weighted by Gasteiger charge is -2.30. The second-order valence-corrected chi connectivity index (χ2v) is 6.41. The first kappa shape index (κ1) is 14.5. The maximum absolute atomic E-state index is 15.2. The molecule has 2 nitrogen and oxygen atoms in total. The molecule has 0 aliphatic carbocycles. The summed E-state index contributed by atoms with van der Waals surface area (Å²) in [6.45, 7) is 4.69.